The molecule has 0 bridgehead atoms. The third kappa shape index (κ3) is 4.39. The van der Waals surface area contributed by atoms with Gasteiger partial charge in [0.25, 0.3) is 0 Å². The van der Waals surface area contributed by atoms with Gasteiger partial charge in [-0.15, -0.1) is 0 Å². The van der Waals surface area contributed by atoms with E-state index in [2.05, 4.69) is 0 Å². The van der Waals surface area contributed by atoms with E-state index in [0.29, 0.717) is 0 Å². The van der Waals surface area contributed by atoms with E-state index in [-0.39, 0.29) is 22.3 Å². The van der Waals surface area contributed by atoms with Gasteiger partial charge in [-0.3, -0.25) is 9.52 Å². The molecule has 2 aromatic rings. The van der Waals surface area contributed by atoms with Gasteiger partial charge < -0.3 is 0 Å². The molecule has 0 radical (unpaired) electrons. The van der Waals surface area contributed by atoms with E-state index in [4.69, 9.17) is 5.26 Å². The summed E-state index contributed by atoms with van der Waals surface area (Å²) in [7, 11) is -3.71. The number of carbonyl (C=O) groups excluding carboxylic acids is 1. The Morgan fingerprint density at radius 2 is 1.84 bits per heavy atom. The molecule has 0 aliphatic rings. The molecule has 0 aromatic heterocycles. The lowest BCUT2D eigenvalue weighted by molar-refractivity contribution is -0.120. The molecule has 25 heavy (non-hydrogen) atoms. The van der Waals surface area contributed by atoms with Gasteiger partial charge in [0.15, 0.2) is 0 Å². The van der Waals surface area contributed by atoms with Crippen molar-refractivity contribution < 1.29 is 22.0 Å². The Bertz CT molecular complexity index is 982. The second kappa shape index (κ2) is 6.99. The molecule has 0 saturated carbocycles. The molecule has 0 aliphatic heterocycles. The van der Waals surface area contributed by atoms with E-state index in [9.17, 15) is 22.0 Å². The Balaban J connectivity index is 2.34. The van der Waals surface area contributed by atoms with Gasteiger partial charge in [0.05, 0.1) is 17.7 Å². The minimum atomic E-state index is -3.71. The first-order valence-corrected chi connectivity index (χ1v) is 9.02. The summed E-state index contributed by atoms with van der Waals surface area (Å²) < 4.78 is 52.1. The molecule has 1 atom stereocenters. The molecular formula is C17H14F2N2O3S. The van der Waals surface area contributed by atoms with Crippen LogP contribution in [0.3, 0.4) is 0 Å². The minimum absolute atomic E-state index is 0.0999. The van der Waals surface area contributed by atoms with Gasteiger partial charge >= 0.3 is 0 Å². The standard InChI is InChI=1S/C17H14F2N2O3S/c1-10(17(22)21-25(2,23)24)11-5-6-14(16(19)7-11)12-3-4-13(9-20)15(18)8-12/h3-8,10H,1-2H3,(H,21,22). The number of carbonyl (C=O) groups is 1. The average Bonchev–Trinajstić information content (AvgIpc) is 2.52. The fraction of sp³-hybridized carbons (Fsp3) is 0.176. The zero-order valence-electron chi connectivity index (χ0n) is 13.4. The van der Waals surface area contributed by atoms with Crippen LogP contribution in [0.4, 0.5) is 8.78 Å². The Morgan fingerprint density at radius 3 is 2.36 bits per heavy atom. The van der Waals surface area contributed by atoms with Crippen LogP contribution in [0, 0.1) is 23.0 Å². The fourth-order valence-corrected chi connectivity index (χ4v) is 2.77. The predicted octanol–water partition coefficient (Wildman–Crippen LogP) is 2.68. The summed E-state index contributed by atoms with van der Waals surface area (Å²) in [6.45, 7) is 1.44. The maximum atomic E-state index is 14.4. The molecular weight excluding hydrogens is 350 g/mol. The van der Waals surface area contributed by atoms with Gasteiger partial charge in [0.2, 0.25) is 15.9 Å². The summed E-state index contributed by atoms with van der Waals surface area (Å²) >= 11 is 0. The van der Waals surface area contributed by atoms with Gasteiger partial charge in [0, 0.05) is 5.56 Å². The predicted molar refractivity (Wildman–Crippen MR) is 87.9 cm³/mol. The highest BCUT2D eigenvalue weighted by Gasteiger charge is 2.20. The molecule has 1 amide bonds. The highest BCUT2D eigenvalue weighted by atomic mass is 32.2. The lowest BCUT2D eigenvalue weighted by Crippen LogP contribution is -2.32. The van der Waals surface area contributed by atoms with E-state index < -0.39 is 33.5 Å². The molecule has 130 valence electrons. The monoisotopic (exact) mass is 364 g/mol. The van der Waals surface area contributed by atoms with Crippen LogP contribution in [-0.2, 0) is 14.8 Å². The maximum absolute atomic E-state index is 14.4. The van der Waals surface area contributed by atoms with Crippen molar-refractivity contribution in [3.63, 3.8) is 0 Å². The largest absolute Gasteiger partial charge is 0.273 e. The second-order valence-electron chi connectivity index (χ2n) is 5.51. The number of halogens is 2. The third-order valence-electron chi connectivity index (χ3n) is 3.57. The van der Waals surface area contributed by atoms with Crippen LogP contribution in [-0.4, -0.2) is 20.6 Å². The number of nitriles is 1. The van der Waals surface area contributed by atoms with Crippen molar-refractivity contribution >= 4 is 15.9 Å². The summed E-state index contributed by atoms with van der Waals surface area (Å²) in [4.78, 5) is 11.8. The highest BCUT2D eigenvalue weighted by Crippen LogP contribution is 2.27. The number of nitrogens with one attached hydrogen (secondary N) is 1. The number of sulfonamides is 1. The number of nitrogens with zero attached hydrogens (tertiary/aromatic N) is 1. The topological polar surface area (TPSA) is 87.0 Å². The van der Waals surface area contributed by atoms with Crippen LogP contribution in [0.15, 0.2) is 36.4 Å². The van der Waals surface area contributed by atoms with E-state index in [1.54, 1.807) is 6.07 Å². The molecule has 0 fully saturated rings. The first kappa shape index (κ1) is 18.5. The summed E-state index contributed by atoms with van der Waals surface area (Å²) in [6.07, 6.45) is 0.848. The van der Waals surface area contributed by atoms with E-state index in [0.717, 1.165) is 18.4 Å². The molecule has 1 unspecified atom stereocenters. The number of benzene rings is 2. The SMILES string of the molecule is CC(C(=O)NS(C)(=O)=O)c1ccc(-c2ccc(C#N)c(F)c2)c(F)c1. The van der Waals surface area contributed by atoms with Gasteiger partial charge in [0.1, 0.15) is 17.7 Å². The number of hydrogen-bond acceptors (Lipinski definition) is 4. The molecule has 8 heteroatoms. The van der Waals surface area contributed by atoms with Crippen LogP contribution in [0.25, 0.3) is 11.1 Å². The quantitative estimate of drug-likeness (QED) is 0.904. The van der Waals surface area contributed by atoms with E-state index in [1.807, 2.05) is 4.72 Å². The Hall–Kier alpha value is -2.79. The van der Waals surface area contributed by atoms with Crippen LogP contribution in [0.2, 0.25) is 0 Å². The zero-order chi connectivity index (χ0) is 18.8. The summed E-state index contributed by atoms with van der Waals surface area (Å²) in [5, 5.41) is 8.72. The first-order chi connectivity index (χ1) is 11.6. The molecule has 2 aromatic carbocycles. The van der Waals surface area contributed by atoms with Crippen molar-refractivity contribution in [2.75, 3.05) is 6.26 Å². The third-order valence-corrected chi connectivity index (χ3v) is 4.14. The molecule has 0 heterocycles. The number of hydrogen-bond donors (Lipinski definition) is 1. The maximum Gasteiger partial charge on any atom is 0.240 e. The lowest BCUT2D eigenvalue weighted by atomic mass is 9.96. The van der Waals surface area contributed by atoms with Crippen molar-refractivity contribution in [3.8, 4) is 17.2 Å². The fourth-order valence-electron chi connectivity index (χ4n) is 2.23. The minimum Gasteiger partial charge on any atom is -0.273 e. The molecule has 0 saturated heterocycles. The lowest BCUT2D eigenvalue weighted by Gasteiger charge is -2.13. The first-order valence-electron chi connectivity index (χ1n) is 7.13. The van der Waals surface area contributed by atoms with Crippen molar-refractivity contribution in [2.45, 2.75) is 12.8 Å². The van der Waals surface area contributed by atoms with E-state index in [1.165, 1.54) is 31.2 Å². The van der Waals surface area contributed by atoms with Gasteiger partial charge in [-0.25, -0.2) is 17.2 Å². The van der Waals surface area contributed by atoms with Crippen molar-refractivity contribution in [2.24, 2.45) is 0 Å². The van der Waals surface area contributed by atoms with Crippen LogP contribution < -0.4 is 4.72 Å². The molecule has 5 nitrogen and oxygen atoms in total. The second-order valence-corrected chi connectivity index (χ2v) is 7.25. The van der Waals surface area contributed by atoms with Crippen LogP contribution >= 0.6 is 0 Å². The average molecular weight is 364 g/mol. The van der Waals surface area contributed by atoms with Gasteiger partial charge in [-0.1, -0.05) is 18.2 Å². The Morgan fingerprint density at radius 1 is 1.16 bits per heavy atom. The molecule has 1 N–H and O–H groups in total. The molecule has 0 spiro atoms. The summed E-state index contributed by atoms with van der Waals surface area (Å²) in [5.74, 6) is -3.12. The summed E-state index contributed by atoms with van der Waals surface area (Å²) in [5.41, 5.74) is 0.472. The Kier molecular flexibility index (Phi) is 5.18. The van der Waals surface area contributed by atoms with E-state index >= 15 is 0 Å². The van der Waals surface area contributed by atoms with Gasteiger partial charge in [-0.2, -0.15) is 5.26 Å². The Labute approximate surface area is 144 Å². The molecule has 0 aliphatic carbocycles. The van der Waals surface area contributed by atoms with Crippen molar-refractivity contribution in [1.29, 1.82) is 5.26 Å². The number of rotatable bonds is 4. The molecule has 2 rings (SSSR count). The summed E-state index contributed by atoms with van der Waals surface area (Å²) in [6, 6.07) is 9.33. The zero-order valence-corrected chi connectivity index (χ0v) is 14.2. The highest BCUT2D eigenvalue weighted by molar-refractivity contribution is 7.89. The van der Waals surface area contributed by atoms with Crippen molar-refractivity contribution in [1.82, 2.24) is 4.72 Å². The van der Waals surface area contributed by atoms with Gasteiger partial charge in [-0.05, 0) is 36.2 Å². The smallest absolute Gasteiger partial charge is 0.240 e. The van der Waals surface area contributed by atoms with Crippen LogP contribution in [0.5, 0.6) is 0 Å². The number of amides is 1. The normalized spacial score (nSPS) is 12.3. The van der Waals surface area contributed by atoms with Crippen LogP contribution in [0.1, 0.15) is 24.0 Å². The van der Waals surface area contributed by atoms with Crippen molar-refractivity contribution in [3.05, 3.63) is 59.2 Å².